The van der Waals surface area contributed by atoms with Gasteiger partial charge in [-0.1, -0.05) is 39.7 Å². The number of nitrogens with one attached hydrogen (secondary N) is 1. The maximum atomic E-state index is 9.69. The molecule has 0 saturated carbocycles. The Morgan fingerprint density at radius 2 is 1.94 bits per heavy atom. The second-order valence-electron chi connectivity index (χ2n) is 3.60. The molecule has 0 fully saturated rings. The molecule has 0 radical (unpaired) electrons. The average Bonchev–Trinajstić information content (AvgIpc) is 2.28. The van der Waals surface area contributed by atoms with E-state index in [4.69, 9.17) is 11.6 Å². The molecule has 2 nitrogen and oxygen atoms in total. The van der Waals surface area contributed by atoms with Gasteiger partial charge in [-0.15, -0.1) is 0 Å². The third kappa shape index (κ3) is 3.14. The number of aromatic hydroxyl groups is 1. The molecule has 0 unspecified atom stereocenters. The van der Waals surface area contributed by atoms with Crippen LogP contribution in [0.15, 0.2) is 46.9 Å². The van der Waals surface area contributed by atoms with Gasteiger partial charge in [0.2, 0.25) is 0 Å². The van der Waals surface area contributed by atoms with E-state index >= 15 is 0 Å². The van der Waals surface area contributed by atoms with Crippen LogP contribution in [0.4, 0.5) is 5.69 Å². The van der Waals surface area contributed by atoms with E-state index in [2.05, 4.69) is 21.2 Å². The molecular formula is C13H11BrClNO. The molecule has 2 rings (SSSR count). The van der Waals surface area contributed by atoms with Crippen LogP contribution in [-0.2, 0) is 6.54 Å². The molecule has 0 atom stereocenters. The molecule has 0 saturated heterocycles. The lowest BCUT2D eigenvalue weighted by Gasteiger charge is -2.09. The smallest absolute Gasteiger partial charge is 0.122 e. The van der Waals surface area contributed by atoms with Crippen molar-refractivity contribution < 1.29 is 5.11 Å². The fourth-order valence-corrected chi connectivity index (χ4v) is 2.15. The van der Waals surface area contributed by atoms with Gasteiger partial charge in [0, 0.05) is 27.3 Å². The number of hydrogen-bond donors (Lipinski definition) is 2. The van der Waals surface area contributed by atoms with Crippen LogP contribution in [0.2, 0.25) is 5.02 Å². The molecule has 2 aromatic rings. The lowest BCUT2D eigenvalue weighted by atomic mass is 10.2. The molecule has 0 aliphatic carbocycles. The van der Waals surface area contributed by atoms with Crippen molar-refractivity contribution in [3.63, 3.8) is 0 Å². The largest absolute Gasteiger partial charge is 0.508 e. The van der Waals surface area contributed by atoms with Gasteiger partial charge in [-0.25, -0.2) is 0 Å². The molecular weight excluding hydrogens is 302 g/mol. The molecule has 88 valence electrons. The first kappa shape index (κ1) is 12.3. The van der Waals surface area contributed by atoms with Crippen LogP contribution in [0.5, 0.6) is 5.75 Å². The number of phenolic OH excluding ortho intramolecular Hbond substituents is 1. The number of benzene rings is 2. The summed E-state index contributed by atoms with van der Waals surface area (Å²) < 4.78 is 1.01. The normalized spacial score (nSPS) is 10.2. The molecule has 0 amide bonds. The predicted octanol–water partition coefficient (Wildman–Crippen LogP) is 4.42. The summed E-state index contributed by atoms with van der Waals surface area (Å²) >= 11 is 9.42. The van der Waals surface area contributed by atoms with Crippen LogP contribution in [0, 0.1) is 0 Å². The maximum Gasteiger partial charge on any atom is 0.122 e. The van der Waals surface area contributed by atoms with Crippen LogP contribution in [0.3, 0.4) is 0 Å². The van der Waals surface area contributed by atoms with Gasteiger partial charge < -0.3 is 10.4 Å². The SMILES string of the molecule is Oc1cccc(Cl)c1CNc1cccc(Br)c1. The summed E-state index contributed by atoms with van der Waals surface area (Å²) in [6.07, 6.45) is 0. The molecule has 2 N–H and O–H groups in total. The Morgan fingerprint density at radius 3 is 2.65 bits per heavy atom. The van der Waals surface area contributed by atoms with Crippen LogP contribution in [0.1, 0.15) is 5.56 Å². The Balaban J connectivity index is 2.13. The van der Waals surface area contributed by atoms with Crippen molar-refractivity contribution in [1.82, 2.24) is 0 Å². The zero-order valence-electron chi connectivity index (χ0n) is 8.95. The first-order chi connectivity index (χ1) is 8.16. The first-order valence-electron chi connectivity index (χ1n) is 5.12. The summed E-state index contributed by atoms with van der Waals surface area (Å²) in [4.78, 5) is 0. The number of hydrogen-bond acceptors (Lipinski definition) is 2. The summed E-state index contributed by atoms with van der Waals surface area (Å²) in [5, 5.41) is 13.5. The van der Waals surface area contributed by atoms with Crippen LogP contribution in [-0.4, -0.2) is 5.11 Å². The van der Waals surface area contributed by atoms with E-state index in [0.29, 0.717) is 17.1 Å². The highest BCUT2D eigenvalue weighted by atomic mass is 79.9. The van der Waals surface area contributed by atoms with E-state index in [1.165, 1.54) is 0 Å². The van der Waals surface area contributed by atoms with Gasteiger partial charge in [0.25, 0.3) is 0 Å². The molecule has 17 heavy (non-hydrogen) atoms. The van der Waals surface area contributed by atoms with Gasteiger partial charge in [0.1, 0.15) is 5.75 Å². The van der Waals surface area contributed by atoms with Crippen molar-refractivity contribution in [1.29, 1.82) is 0 Å². The van der Waals surface area contributed by atoms with Gasteiger partial charge in [0.15, 0.2) is 0 Å². The third-order valence-electron chi connectivity index (χ3n) is 2.39. The van der Waals surface area contributed by atoms with E-state index < -0.39 is 0 Å². The highest BCUT2D eigenvalue weighted by Gasteiger charge is 2.05. The van der Waals surface area contributed by atoms with Crippen molar-refractivity contribution in [3.05, 3.63) is 57.5 Å². The fraction of sp³-hybridized carbons (Fsp3) is 0.0769. The van der Waals surface area contributed by atoms with E-state index in [9.17, 15) is 5.11 Å². The van der Waals surface area contributed by atoms with Crippen LogP contribution in [0.25, 0.3) is 0 Å². The molecule has 0 aliphatic heterocycles. The highest BCUT2D eigenvalue weighted by Crippen LogP contribution is 2.26. The molecule has 4 heteroatoms. The molecule has 0 bridgehead atoms. The summed E-state index contributed by atoms with van der Waals surface area (Å²) in [6, 6.07) is 12.9. The standard InChI is InChI=1S/C13H11BrClNO/c14-9-3-1-4-10(7-9)16-8-11-12(15)5-2-6-13(11)17/h1-7,16-17H,8H2. The number of rotatable bonds is 3. The first-order valence-corrected chi connectivity index (χ1v) is 6.30. The number of anilines is 1. The van der Waals surface area contributed by atoms with Gasteiger partial charge in [-0.05, 0) is 30.3 Å². The Bertz CT molecular complexity index is 510. The van der Waals surface area contributed by atoms with Crippen LogP contribution >= 0.6 is 27.5 Å². The Hall–Kier alpha value is -1.19. The maximum absolute atomic E-state index is 9.69. The van der Waals surface area contributed by atoms with Crippen molar-refractivity contribution >= 4 is 33.2 Å². The zero-order chi connectivity index (χ0) is 12.3. The quantitative estimate of drug-likeness (QED) is 0.879. The molecule has 0 aromatic heterocycles. The van der Waals surface area contributed by atoms with Crippen LogP contribution < -0.4 is 5.32 Å². The van der Waals surface area contributed by atoms with Crippen molar-refractivity contribution in [2.45, 2.75) is 6.54 Å². The van der Waals surface area contributed by atoms with Crippen molar-refractivity contribution in [3.8, 4) is 5.75 Å². The third-order valence-corrected chi connectivity index (χ3v) is 3.24. The lowest BCUT2D eigenvalue weighted by Crippen LogP contribution is -2.00. The molecule has 0 spiro atoms. The Kier molecular flexibility index (Phi) is 3.92. The van der Waals surface area contributed by atoms with E-state index in [1.54, 1.807) is 18.2 Å². The monoisotopic (exact) mass is 311 g/mol. The number of phenols is 1. The topological polar surface area (TPSA) is 32.3 Å². The predicted molar refractivity (Wildman–Crippen MR) is 74.6 cm³/mol. The fourth-order valence-electron chi connectivity index (χ4n) is 1.51. The second-order valence-corrected chi connectivity index (χ2v) is 4.92. The minimum absolute atomic E-state index is 0.208. The summed E-state index contributed by atoms with van der Waals surface area (Å²) in [7, 11) is 0. The van der Waals surface area contributed by atoms with Gasteiger partial charge >= 0.3 is 0 Å². The summed E-state index contributed by atoms with van der Waals surface area (Å²) in [5.74, 6) is 0.208. The average molecular weight is 313 g/mol. The minimum Gasteiger partial charge on any atom is -0.508 e. The van der Waals surface area contributed by atoms with Gasteiger partial charge in [0.05, 0.1) is 0 Å². The minimum atomic E-state index is 0.208. The highest BCUT2D eigenvalue weighted by molar-refractivity contribution is 9.10. The Labute approximate surface area is 113 Å². The van der Waals surface area contributed by atoms with Crippen molar-refractivity contribution in [2.24, 2.45) is 0 Å². The molecule has 2 aromatic carbocycles. The van der Waals surface area contributed by atoms with E-state index in [1.807, 2.05) is 24.3 Å². The van der Waals surface area contributed by atoms with Gasteiger partial charge in [-0.3, -0.25) is 0 Å². The second kappa shape index (κ2) is 5.43. The lowest BCUT2D eigenvalue weighted by molar-refractivity contribution is 0.469. The van der Waals surface area contributed by atoms with E-state index in [-0.39, 0.29) is 5.75 Å². The Morgan fingerprint density at radius 1 is 1.18 bits per heavy atom. The number of halogens is 2. The van der Waals surface area contributed by atoms with Crippen molar-refractivity contribution in [2.75, 3.05) is 5.32 Å². The molecule has 0 aliphatic rings. The van der Waals surface area contributed by atoms with E-state index in [0.717, 1.165) is 10.2 Å². The summed E-state index contributed by atoms with van der Waals surface area (Å²) in [6.45, 7) is 0.488. The summed E-state index contributed by atoms with van der Waals surface area (Å²) in [5.41, 5.74) is 1.67. The molecule has 0 heterocycles. The van der Waals surface area contributed by atoms with Gasteiger partial charge in [-0.2, -0.15) is 0 Å². The zero-order valence-corrected chi connectivity index (χ0v) is 11.3.